The lowest BCUT2D eigenvalue weighted by Gasteiger charge is -2.06. The molecule has 0 saturated carbocycles. The topological polar surface area (TPSA) is 94.1 Å². The Bertz CT molecular complexity index is 681. The number of anilines is 1. The smallest absolute Gasteiger partial charge is 0.237 e. The van der Waals surface area contributed by atoms with E-state index in [1.54, 1.807) is 54.7 Å². The molecule has 1 heterocycles. The summed E-state index contributed by atoms with van der Waals surface area (Å²) in [7, 11) is 0. The molecule has 96 valence electrons. The molecule has 0 radical (unpaired) electrons. The molecule has 0 amide bonds. The highest BCUT2D eigenvalue weighted by Crippen LogP contribution is 2.22. The van der Waals surface area contributed by atoms with Crippen LogP contribution in [-0.4, -0.2) is 10.7 Å². The molecule has 0 fully saturated rings. The van der Waals surface area contributed by atoms with E-state index in [-0.39, 0.29) is 5.71 Å². The van der Waals surface area contributed by atoms with Crippen molar-refractivity contribution in [1.29, 1.82) is 10.5 Å². The second-order valence-electron chi connectivity index (χ2n) is 3.59. The van der Waals surface area contributed by atoms with Crippen LogP contribution in [0.3, 0.4) is 0 Å². The Morgan fingerprint density at radius 1 is 1.15 bits per heavy atom. The predicted molar refractivity (Wildman–Crippen MR) is 73.0 cm³/mol. The Balaban J connectivity index is 2.11. The second-order valence-corrected chi connectivity index (χ2v) is 3.59. The van der Waals surface area contributed by atoms with Gasteiger partial charge in [0, 0.05) is 18.3 Å². The molecule has 0 unspecified atom stereocenters. The Morgan fingerprint density at radius 3 is 2.70 bits per heavy atom. The molecule has 6 heteroatoms. The van der Waals surface area contributed by atoms with Crippen LogP contribution in [0.4, 0.5) is 5.69 Å². The van der Waals surface area contributed by atoms with Crippen LogP contribution in [-0.2, 0) is 0 Å². The minimum Gasteiger partial charge on any atom is -0.439 e. The minimum atomic E-state index is -0.249. The highest BCUT2D eigenvalue weighted by Gasteiger charge is 2.00. The highest BCUT2D eigenvalue weighted by atomic mass is 16.5. The number of aromatic nitrogens is 1. The van der Waals surface area contributed by atoms with Gasteiger partial charge in [-0.15, -0.1) is 0 Å². The van der Waals surface area contributed by atoms with Crippen molar-refractivity contribution in [3.05, 3.63) is 48.7 Å². The van der Waals surface area contributed by atoms with Crippen LogP contribution in [0.5, 0.6) is 11.6 Å². The van der Waals surface area contributed by atoms with Gasteiger partial charge in [0.15, 0.2) is 0 Å². The van der Waals surface area contributed by atoms with E-state index in [0.29, 0.717) is 17.3 Å². The summed E-state index contributed by atoms with van der Waals surface area (Å²) in [4.78, 5) is 4.05. The third kappa shape index (κ3) is 3.56. The second kappa shape index (κ2) is 6.53. The fourth-order valence-corrected chi connectivity index (χ4v) is 1.35. The summed E-state index contributed by atoms with van der Waals surface area (Å²) in [6.07, 6.45) is 1.63. The summed E-state index contributed by atoms with van der Waals surface area (Å²) in [6, 6.07) is 15.6. The van der Waals surface area contributed by atoms with Gasteiger partial charge in [-0.05, 0) is 18.2 Å². The van der Waals surface area contributed by atoms with Gasteiger partial charge in [-0.1, -0.05) is 12.1 Å². The van der Waals surface area contributed by atoms with Crippen molar-refractivity contribution < 1.29 is 4.74 Å². The normalized spacial score (nSPS) is 8.90. The molecule has 0 aliphatic carbocycles. The van der Waals surface area contributed by atoms with Gasteiger partial charge in [-0.3, -0.25) is 5.43 Å². The fourth-order valence-electron chi connectivity index (χ4n) is 1.35. The number of nitrogens with zero attached hydrogens (tertiary/aromatic N) is 4. The number of hydrazone groups is 1. The lowest BCUT2D eigenvalue weighted by Crippen LogP contribution is -1.96. The molecule has 0 bridgehead atoms. The SMILES string of the molecule is N#CC(C#N)=NNc1cccc(Oc2ccccn2)c1. The van der Waals surface area contributed by atoms with Crippen molar-refractivity contribution in [3.63, 3.8) is 0 Å². The minimum absolute atomic E-state index is 0.249. The average molecular weight is 263 g/mol. The van der Waals surface area contributed by atoms with E-state index in [4.69, 9.17) is 15.3 Å². The van der Waals surface area contributed by atoms with Gasteiger partial charge in [0.25, 0.3) is 0 Å². The third-order valence-electron chi connectivity index (χ3n) is 2.20. The third-order valence-corrected chi connectivity index (χ3v) is 2.20. The maximum atomic E-state index is 8.58. The number of rotatable bonds is 4. The monoisotopic (exact) mass is 263 g/mol. The molecule has 0 aliphatic rings. The van der Waals surface area contributed by atoms with E-state index in [0.717, 1.165) is 0 Å². The summed E-state index contributed by atoms with van der Waals surface area (Å²) in [5, 5.41) is 20.8. The summed E-state index contributed by atoms with van der Waals surface area (Å²) < 4.78 is 5.55. The zero-order valence-corrected chi connectivity index (χ0v) is 10.3. The summed E-state index contributed by atoms with van der Waals surface area (Å²) in [5.41, 5.74) is 2.96. The quantitative estimate of drug-likeness (QED) is 0.676. The zero-order valence-electron chi connectivity index (χ0n) is 10.3. The van der Waals surface area contributed by atoms with Crippen LogP contribution in [0.2, 0.25) is 0 Å². The van der Waals surface area contributed by atoms with E-state index in [1.165, 1.54) is 0 Å². The molecule has 2 aromatic rings. The maximum absolute atomic E-state index is 8.58. The van der Waals surface area contributed by atoms with Crippen molar-refractivity contribution in [2.24, 2.45) is 5.10 Å². The van der Waals surface area contributed by atoms with Crippen LogP contribution < -0.4 is 10.2 Å². The van der Waals surface area contributed by atoms with E-state index in [9.17, 15) is 0 Å². The number of nitriles is 2. The summed E-state index contributed by atoms with van der Waals surface area (Å²) in [5.74, 6) is 1.04. The van der Waals surface area contributed by atoms with E-state index >= 15 is 0 Å². The molecule has 1 aromatic heterocycles. The Labute approximate surface area is 115 Å². The van der Waals surface area contributed by atoms with Gasteiger partial charge < -0.3 is 4.74 Å². The van der Waals surface area contributed by atoms with E-state index < -0.39 is 0 Å². The largest absolute Gasteiger partial charge is 0.439 e. The van der Waals surface area contributed by atoms with E-state index in [2.05, 4.69) is 15.5 Å². The molecule has 0 atom stereocenters. The first-order valence-corrected chi connectivity index (χ1v) is 5.64. The van der Waals surface area contributed by atoms with Gasteiger partial charge in [-0.2, -0.15) is 15.6 Å². The molecular weight excluding hydrogens is 254 g/mol. The Hall–Kier alpha value is -3.38. The average Bonchev–Trinajstić information content (AvgIpc) is 2.50. The lowest BCUT2D eigenvalue weighted by molar-refractivity contribution is 0.463. The maximum Gasteiger partial charge on any atom is 0.237 e. The first-order chi connectivity index (χ1) is 9.81. The van der Waals surface area contributed by atoms with Gasteiger partial charge in [0.05, 0.1) is 5.69 Å². The van der Waals surface area contributed by atoms with Gasteiger partial charge in [0.2, 0.25) is 11.6 Å². The number of nitrogens with one attached hydrogen (secondary N) is 1. The summed E-state index contributed by atoms with van der Waals surface area (Å²) >= 11 is 0. The first-order valence-electron chi connectivity index (χ1n) is 5.64. The van der Waals surface area contributed by atoms with Crippen LogP contribution in [0.1, 0.15) is 0 Å². The predicted octanol–water partition coefficient (Wildman–Crippen LogP) is 2.69. The number of hydrogen-bond donors (Lipinski definition) is 1. The molecule has 0 saturated heterocycles. The number of ether oxygens (including phenoxy) is 1. The number of hydrogen-bond acceptors (Lipinski definition) is 6. The fraction of sp³-hybridized carbons (Fsp3) is 0. The van der Waals surface area contributed by atoms with Crippen molar-refractivity contribution in [2.45, 2.75) is 0 Å². The Kier molecular flexibility index (Phi) is 4.26. The molecule has 1 aromatic carbocycles. The van der Waals surface area contributed by atoms with Crippen LogP contribution in [0.25, 0.3) is 0 Å². The van der Waals surface area contributed by atoms with Gasteiger partial charge in [0.1, 0.15) is 17.9 Å². The molecular formula is C14H9N5O. The van der Waals surface area contributed by atoms with Crippen molar-refractivity contribution >= 4 is 11.4 Å². The zero-order chi connectivity index (χ0) is 14.2. The number of benzene rings is 1. The van der Waals surface area contributed by atoms with Crippen LogP contribution in [0.15, 0.2) is 53.8 Å². The first kappa shape index (κ1) is 13.1. The van der Waals surface area contributed by atoms with Crippen LogP contribution in [0, 0.1) is 22.7 Å². The lowest BCUT2D eigenvalue weighted by atomic mass is 10.3. The van der Waals surface area contributed by atoms with E-state index in [1.807, 2.05) is 6.07 Å². The van der Waals surface area contributed by atoms with Gasteiger partial charge >= 0.3 is 0 Å². The molecule has 0 spiro atoms. The number of pyridine rings is 1. The molecule has 6 nitrogen and oxygen atoms in total. The Morgan fingerprint density at radius 2 is 2.00 bits per heavy atom. The molecule has 20 heavy (non-hydrogen) atoms. The van der Waals surface area contributed by atoms with Crippen molar-refractivity contribution in [1.82, 2.24) is 4.98 Å². The van der Waals surface area contributed by atoms with Crippen LogP contribution >= 0.6 is 0 Å². The van der Waals surface area contributed by atoms with Crippen molar-refractivity contribution in [2.75, 3.05) is 5.43 Å². The molecule has 2 rings (SSSR count). The standard InChI is InChI=1S/C14H9N5O/c15-9-12(10-16)19-18-11-4-3-5-13(8-11)20-14-6-1-2-7-17-14/h1-8,18H. The molecule has 0 aliphatic heterocycles. The summed E-state index contributed by atoms with van der Waals surface area (Å²) in [6.45, 7) is 0. The van der Waals surface area contributed by atoms with Gasteiger partial charge in [-0.25, -0.2) is 4.98 Å². The van der Waals surface area contributed by atoms with Crippen molar-refractivity contribution in [3.8, 4) is 23.8 Å². The molecule has 1 N–H and O–H groups in total. The highest BCUT2D eigenvalue weighted by molar-refractivity contribution is 6.10.